The second-order valence-electron chi connectivity index (χ2n) is 5.30. The quantitative estimate of drug-likeness (QED) is 0.745. The SMILES string of the molecule is COC(=O)COc1ccc(S(=O)(=O)N(C)C2CCCC2)cc1. The van der Waals surface area contributed by atoms with Gasteiger partial charge in [0, 0.05) is 13.1 Å². The van der Waals surface area contributed by atoms with Gasteiger partial charge in [0.25, 0.3) is 0 Å². The summed E-state index contributed by atoms with van der Waals surface area (Å²) in [6.45, 7) is -0.204. The maximum absolute atomic E-state index is 12.6. The number of hydrogen-bond acceptors (Lipinski definition) is 5. The molecule has 0 unspecified atom stereocenters. The molecule has 0 bridgehead atoms. The fourth-order valence-corrected chi connectivity index (χ4v) is 3.96. The van der Waals surface area contributed by atoms with Crippen molar-refractivity contribution in [3.05, 3.63) is 24.3 Å². The molecule has 0 amide bonds. The Balaban J connectivity index is 2.06. The number of methoxy groups -OCH3 is 1. The monoisotopic (exact) mass is 327 g/mol. The lowest BCUT2D eigenvalue weighted by Gasteiger charge is -2.23. The van der Waals surface area contributed by atoms with E-state index in [4.69, 9.17) is 4.74 Å². The van der Waals surface area contributed by atoms with E-state index < -0.39 is 16.0 Å². The molecule has 0 heterocycles. The number of esters is 1. The van der Waals surface area contributed by atoms with Crippen LogP contribution in [0.5, 0.6) is 5.75 Å². The molecule has 0 atom stereocenters. The molecule has 0 saturated heterocycles. The van der Waals surface area contributed by atoms with Crippen molar-refractivity contribution in [2.45, 2.75) is 36.6 Å². The van der Waals surface area contributed by atoms with Gasteiger partial charge in [-0.05, 0) is 37.1 Å². The topological polar surface area (TPSA) is 72.9 Å². The number of carbonyl (C=O) groups excluding carboxylic acids is 1. The molecule has 0 radical (unpaired) electrons. The van der Waals surface area contributed by atoms with Gasteiger partial charge in [-0.25, -0.2) is 13.2 Å². The van der Waals surface area contributed by atoms with Gasteiger partial charge in [0.2, 0.25) is 10.0 Å². The normalized spacial score (nSPS) is 16.0. The molecule has 122 valence electrons. The summed E-state index contributed by atoms with van der Waals surface area (Å²) in [5, 5.41) is 0. The van der Waals surface area contributed by atoms with Crippen molar-refractivity contribution in [2.75, 3.05) is 20.8 Å². The smallest absolute Gasteiger partial charge is 0.343 e. The average molecular weight is 327 g/mol. The molecule has 7 heteroatoms. The van der Waals surface area contributed by atoms with Crippen LogP contribution in [-0.4, -0.2) is 45.5 Å². The van der Waals surface area contributed by atoms with Crippen molar-refractivity contribution in [2.24, 2.45) is 0 Å². The molecular weight excluding hydrogens is 306 g/mol. The summed E-state index contributed by atoms with van der Waals surface area (Å²) in [6.07, 6.45) is 3.97. The Morgan fingerprint density at radius 2 is 1.82 bits per heavy atom. The first kappa shape index (κ1) is 16.8. The second-order valence-corrected chi connectivity index (χ2v) is 7.29. The van der Waals surface area contributed by atoms with Gasteiger partial charge in [-0.1, -0.05) is 12.8 Å². The molecule has 1 saturated carbocycles. The zero-order valence-corrected chi connectivity index (χ0v) is 13.6. The molecular formula is C15H21NO5S. The van der Waals surface area contributed by atoms with E-state index in [0.717, 1.165) is 25.7 Å². The predicted molar refractivity (Wildman–Crippen MR) is 81.2 cm³/mol. The lowest BCUT2D eigenvalue weighted by Crippen LogP contribution is -2.35. The highest BCUT2D eigenvalue weighted by Crippen LogP contribution is 2.27. The van der Waals surface area contributed by atoms with E-state index in [2.05, 4.69) is 4.74 Å². The first-order valence-corrected chi connectivity index (χ1v) is 8.67. The molecule has 1 aliphatic carbocycles. The van der Waals surface area contributed by atoms with E-state index in [9.17, 15) is 13.2 Å². The largest absolute Gasteiger partial charge is 0.482 e. The van der Waals surface area contributed by atoms with Crippen molar-refractivity contribution in [3.8, 4) is 5.75 Å². The fraction of sp³-hybridized carbons (Fsp3) is 0.533. The van der Waals surface area contributed by atoms with Gasteiger partial charge < -0.3 is 9.47 Å². The Hall–Kier alpha value is -1.60. The van der Waals surface area contributed by atoms with Gasteiger partial charge in [0.15, 0.2) is 6.61 Å². The third-order valence-electron chi connectivity index (χ3n) is 3.92. The number of nitrogens with zero attached hydrogens (tertiary/aromatic N) is 1. The van der Waals surface area contributed by atoms with Crippen molar-refractivity contribution < 1.29 is 22.7 Å². The molecule has 22 heavy (non-hydrogen) atoms. The summed E-state index contributed by atoms with van der Waals surface area (Å²) in [5.41, 5.74) is 0. The van der Waals surface area contributed by atoms with E-state index >= 15 is 0 Å². The molecule has 6 nitrogen and oxygen atoms in total. The van der Waals surface area contributed by atoms with Crippen LogP contribution in [0.3, 0.4) is 0 Å². The molecule has 0 aromatic heterocycles. The molecule has 1 aliphatic rings. The summed E-state index contributed by atoms with van der Waals surface area (Å²) < 4.78 is 36.2. The van der Waals surface area contributed by atoms with E-state index in [0.29, 0.717) is 5.75 Å². The maximum Gasteiger partial charge on any atom is 0.343 e. The summed E-state index contributed by atoms with van der Waals surface area (Å²) in [4.78, 5) is 11.2. The first-order chi connectivity index (χ1) is 10.4. The van der Waals surface area contributed by atoms with Crippen LogP contribution < -0.4 is 4.74 Å². The number of benzene rings is 1. The van der Waals surface area contributed by atoms with Crippen molar-refractivity contribution in [1.29, 1.82) is 0 Å². The summed E-state index contributed by atoms with van der Waals surface area (Å²) in [5.74, 6) is -0.0643. The van der Waals surface area contributed by atoms with Crippen LogP contribution in [0.4, 0.5) is 0 Å². The second kappa shape index (κ2) is 7.11. The van der Waals surface area contributed by atoms with Crippen molar-refractivity contribution in [1.82, 2.24) is 4.31 Å². The number of carbonyl (C=O) groups is 1. The molecule has 0 aliphatic heterocycles. The van der Waals surface area contributed by atoms with Gasteiger partial charge in [0.1, 0.15) is 5.75 Å². The van der Waals surface area contributed by atoms with Crippen LogP contribution in [0.2, 0.25) is 0 Å². The molecule has 1 aromatic carbocycles. The zero-order valence-electron chi connectivity index (χ0n) is 12.8. The molecule has 0 N–H and O–H groups in total. The molecule has 2 rings (SSSR count). The lowest BCUT2D eigenvalue weighted by atomic mass is 10.3. The molecule has 0 spiro atoms. The lowest BCUT2D eigenvalue weighted by molar-refractivity contribution is -0.142. The van der Waals surface area contributed by atoms with Crippen molar-refractivity contribution >= 4 is 16.0 Å². The number of hydrogen-bond donors (Lipinski definition) is 0. The standard InChI is InChI=1S/C15H21NO5S/c1-16(12-5-3-4-6-12)22(18,19)14-9-7-13(8-10-14)21-11-15(17)20-2/h7-10,12H,3-6,11H2,1-2H3. The predicted octanol–water partition coefficient (Wildman–Crippen LogP) is 1.80. The van der Waals surface area contributed by atoms with E-state index in [1.54, 1.807) is 7.05 Å². The van der Waals surface area contributed by atoms with E-state index in [-0.39, 0.29) is 17.5 Å². The summed E-state index contributed by atoms with van der Waals surface area (Å²) in [7, 11) is -0.579. The maximum atomic E-state index is 12.6. The summed E-state index contributed by atoms with van der Waals surface area (Å²) in [6, 6.07) is 6.15. The zero-order chi connectivity index (χ0) is 16.2. The van der Waals surface area contributed by atoms with Gasteiger partial charge >= 0.3 is 5.97 Å². The van der Waals surface area contributed by atoms with Crippen molar-refractivity contribution in [3.63, 3.8) is 0 Å². The summed E-state index contributed by atoms with van der Waals surface area (Å²) >= 11 is 0. The van der Waals surface area contributed by atoms with Gasteiger partial charge in [0.05, 0.1) is 12.0 Å². The first-order valence-electron chi connectivity index (χ1n) is 7.23. The van der Waals surface area contributed by atoms with Crippen LogP contribution in [0.15, 0.2) is 29.2 Å². The fourth-order valence-electron chi connectivity index (χ4n) is 2.54. The van der Waals surface area contributed by atoms with Crippen LogP contribution in [0.1, 0.15) is 25.7 Å². The molecule has 1 aromatic rings. The Kier molecular flexibility index (Phi) is 5.42. The van der Waals surface area contributed by atoms with Gasteiger partial charge in [-0.15, -0.1) is 0 Å². The van der Waals surface area contributed by atoms with E-state index in [1.165, 1.54) is 35.7 Å². The van der Waals surface area contributed by atoms with Gasteiger partial charge in [-0.3, -0.25) is 0 Å². The molecule has 1 fully saturated rings. The Labute approximate surface area is 131 Å². The van der Waals surface area contributed by atoms with Crippen LogP contribution in [0, 0.1) is 0 Å². The Bertz CT molecular complexity index is 605. The van der Waals surface area contributed by atoms with Crippen LogP contribution in [-0.2, 0) is 19.6 Å². The minimum absolute atomic E-state index is 0.0836. The van der Waals surface area contributed by atoms with Crippen LogP contribution in [0.25, 0.3) is 0 Å². The average Bonchev–Trinajstić information content (AvgIpc) is 3.06. The minimum Gasteiger partial charge on any atom is -0.482 e. The highest BCUT2D eigenvalue weighted by atomic mass is 32.2. The minimum atomic E-state index is -3.49. The Morgan fingerprint density at radius 3 is 2.36 bits per heavy atom. The number of rotatable bonds is 6. The third kappa shape index (κ3) is 3.78. The van der Waals surface area contributed by atoms with Crippen LogP contribution >= 0.6 is 0 Å². The third-order valence-corrected chi connectivity index (χ3v) is 5.85. The Morgan fingerprint density at radius 1 is 1.23 bits per heavy atom. The number of sulfonamides is 1. The van der Waals surface area contributed by atoms with E-state index in [1.807, 2.05) is 0 Å². The highest BCUT2D eigenvalue weighted by molar-refractivity contribution is 7.89. The number of ether oxygens (including phenoxy) is 2. The van der Waals surface area contributed by atoms with Gasteiger partial charge in [-0.2, -0.15) is 4.31 Å². The highest BCUT2D eigenvalue weighted by Gasteiger charge is 2.29.